The Morgan fingerprint density at radius 1 is 0.696 bits per heavy atom. The van der Waals surface area contributed by atoms with Crippen molar-refractivity contribution < 1.29 is 26.2 Å². The summed E-state index contributed by atoms with van der Waals surface area (Å²) in [5, 5.41) is 16.2. The molecule has 10 aromatic rings. The molecule has 0 unspecified atom stereocenters. The third-order valence-electron chi connectivity index (χ3n) is 10.5. The van der Waals surface area contributed by atoms with Gasteiger partial charge in [0.2, 0.25) is 0 Å². The second-order valence-electron chi connectivity index (χ2n) is 15.2. The van der Waals surface area contributed by atoms with E-state index in [1.165, 1.54) is 30.6 Å². The monoisotopic (exact) mass is 941 g/mol. The number of phenolic OH excluding ortho intramolecular Hbond substituents is 1. The van der Waals surface area contributed by atoms with Crippen LogP contribution in [0.1, 0.15) is 31.9 Å². The van der Waals surface area contributed by atoms with Crippen molar-refractivity contribution >= 4 is 63.3 Å². The van der Waals surface area contributed by atoms with Crippen molar-refractivity contribution in [1.82, 2.24) is 14.5 Å². The van der Waals surface area contributed by atoms with Gasteiger partial charge in [-0.3, -0.25) is 9.55 Å². The van der Waals surface area contributed by atoms with Crippen LogP contribution < -0.4 is 0 Å². The molecule has 0 aliphatic rings. The van der Waals surface area contributed by atoms with Gasteiger partial charge in [0.05, 0.1) is 31.0 Å². The minimum Gasteiger partial charge on any atom is -0.506 e. The molecule has 0 saturated carbocycles. The summed E-state index contributed by atoms with van der Waals surface area (Å²) in [6, 6.07) is 50.1. The number of aromatic hydroxyl groups is 1. The summed E-state index contributed by atoms with van der Waals surface area (Å²) in [6.45, 7) is 8.92. The van der Waals surface area contributed by atoms with Crippen molar-refractivity contribution in [3.8, 4) is 56.3 Å². The Morgan fingerprint density at radius 2 is 1.46 bits per heavy atom. The molecule has 0 radical (unpaired) electrons. The van der Waals surface area contributed by atoms with E-state index in [1.54, 1.807) is 22.7 Å². The van der Waals surface area contributed by atoms with Crippen LogP contribution in [0, 0.1) is 13.0 Å². The number of benzene rings is 6. The van der Waals surface area contributed by atoms with Crippen molar-refractivity contribution in [1.29, 1.82) is 0 Å². The zero-order chi connectivity index (χ0) is 37.4. The van der Waals surface area contributed by atoms with Crippen molar-refractivity contribution in [2.24, 2.45) is 0 Å². The largest absolute Gasteiger partial charge is 0.506 e. The number of hydrogen-bond donors (Lipinski definition) is 1. The summed E-state index contributed by atoms with van der Waals surface area (Å²) < 4.78 is 5.64. The van der Waals surface area contributed by atoms with Gasteiger partial charge in [-0.15, -0.1) is 52.5 Å². The molecule has 0 spiro atoms. The van der Waals surface area contributed by atoms with Crippen molar-refractivity contribution in [3.63, 3.8) is 0 Å². The predicted molar refractivity (Wildman–Crippen MR) is 233 cm³/mol. The van der Waals surface area contributed by atoms with E-state index in [4.69, 9.17) is 4.98 Å². The molecule has 6 aromatic carbocycles. The van der Waals surface area contributed by atoms with E-state index in [0.717, 1.165) is 60.3 Å². The number of para-hydroxylation sites is 1. The first-order valence-corrected chi connectivity index (χ1v) is 20.1. The van der Waals surface area contributed by atoms with Gasteiger partial charge >= 0.3 is 0 Å². The Hall–Kier alpha value is -5.39. The van der Waals surface area contributed by atoms with Gasteiger partial charge in [-0.25, -0.2) is 4.98 Å². The zero-order valence-corrected chi connectivity index (χ0v) is 35.1. The fourth-order valence-electron chi connectivity index (χ4n) is 7.91. The fraction of sp³-hybridized carbons (Fsp3) is 0.102. The maximum Gasteiger partial charge on any atom is 0.148 e. The van der Waals surface area contributed by atoms with Gasteiger partial charge in [-0.1, -0.05) is 116 Å². The second kappa shape index (κ2) is 14.0. The van der Waals surface area contributed by atoms with Crippen molar-refractivity contribution in [3.05, 3.63) is 157 Å². The van der Waals surface area contributed by atoms with E-state index in [1.807, 2.05) is 30.5 Å². The number of fused-ring (bicyclic) bond motifs is 6. The molecule has 4 aromatic heterocycles. The Morgan fingerprint density at radius 3 is 2.27 bits per heavy atom. The first-order valence-electron chi connectivity index (χ1n) is 18.5. The van der Waals surface area contributed by atoms with Gasteiger partial charge in [0, 0.05) is 59.4 Å². The molecule has 276 valence electrons. The summed E-state index contributed by atoms with van der Waals surface area (Å²) in [5.74, 6) is 0.951. The SMILES string of the molecule is Cc1ccc(-n2c(-c3cc(C(C)(C)C)c4c(sc5sc6ccccc6c54)c3O)nc3c(-c4[c-]c(-c5ccccn5)ccc4)cccc32)c(-c2ccccc2)c1.[Pt]. The standard InChI is InChI=1S/C49H36N3OS2.Pt/c1-29-23-24-39(35(26-29)30-14-6-5-7-15-30)52-40-21-13-19-33(31-16-12-17-32(27-31)38-20-10-11-25-50-38)44(40)51-47(52)36-28-37(49(2,3)4)43-42-34-18-8-9-22-41(34)54-48(42)55-46(43)45(36)53;/h5-26,28,53H,1-4H3;/q-1;. The number of hydrogen-bond acceptors (Lipinski definition) is 5. The normalized spacial score (nSPS) is 11.9. The molecule has 1 N–H and O–H groups in total. The number of pyridine rings is 1. The molecule has 0 fully saturated rings. The number of nitrogens with zero attached hydrogens (tertiary/aromatic N) is 3. The molecule has 7 heteroatoms. The number of aryl methyl sites for hydroxylation is 1. The molecule has 0 amide bonds. The predicted octanol–water partition coefficient (Wildman–Crippen LogP) is 13.8. The third kappa shape index (κ3) is 5.90. The quantitative estimate of drug-likeness (QED) is 0.175. The Bertz CT molecular complexity index is 3100. The average Bonchev–Trinajstić information content (AvgIpc) is 3.89. The molecular formula is C49H36N3OPtS2-. The minimum absolute atomic E-state index is 0. The maximum atomic E-state index is 12.6. The van der Waals surface area contributed by atoms with Crippen LogP contribution in [0.25, 0.3) is 91.2 Å². The third-order valence-corrected chi connectivity index (χ3v) is 13.0. The van der Waals surface area contributed by atoms with E-state index in [0.29, 0.717) is 11.4 Å². The van der Waals surface area contributed by atoms with Crippen molar-refractivity contribution in [2.75, 3.05) is 0 Å². The van der Waals surface area contributed by atoms with Gasteiger partial charge in [-0.2, -0.15) is 0 Å². The number of thiophene rings is 2. The summed E-state index contributed by atoms with van der Waals surface area (Å²) in [5.41, 5.74) is 11.5. The topological polar surface area (TPSA) is 50.9 Å². The fourth-order valence-corrected chi connectivity index (χ4v) is 10.6. The van der Waals surface area contributed by atoms with Crippen LogP contribution in [0.3, 0.4) is 0 Å². The molecule has 4 nitrogen and oxygen atoms in total. The average molecular weight is 942 g/mol. The van der Waals surface area contributed by atoms with Crippen LogP contribution >= 0.6 is 22.7 Å². The molecule has 0 bridgehead atoms. The van der Waals surface area contributed by atoms with Crippen molar-refractivity contribution in [2.45, 2.75) is 33.1 Å². The van der Waals surface area contributed by atoms with Gasteiger partial charge < -0.3 is 5.11 Å². The first-order chi connectivity index (χ1) is 26.7. The van der Waals surface area contributed by atoms with Gasteiger partial charge in [0.15, 0.2) is 0 Å². The smallest absolute Gasteiger partial charge is 0.148 e. The first kappa shape index (κ1) is 36.3. The number of aromatic nitrogens is 3. The number of phenols is 1. The van der Waals surface area contributed by atoms with Crippen LogP contribution in [-0.4, -0.2) is 19.6 Å². The molecule has 0 aliphatic heterocycles. The van der Waals surface area contributed by atoms with E-state index in [9.17, 15) is 5.11 Å². The van der Waals surface area contributed by atoms with Crippen LogP contribution in [-0.2, 0) is 26.5 Å². The van der Waals surface area contributed by atoms with Gasteiger partial charge in [0.25, 0.3) is 0 Å². The van der Waals surface area contributed by atoms with Crippen LogP contribution in [0.4, 0.5) is 0 Å². The molecule has 0 saturated heterocycles. The zero-order valence-electron chi connectivity index (χ0n) is 31.2. The van der Waals surface area contributed by atoms with Gasteiger partial charge in [-0.05, 0) is 59.9 Å². The molecule has 0 aliphatic carbocycles. The summed E-state index contributed by atoms with van der Waals surface area (Å²) >= 11 is 3.48. The van der Waals surface area contributed by atoms with Crippen LogP contribution in [0.2, 0.25) is 0 Å². The molecular weight excluding hydrogens is 906 g/mol. The summed E-state index contributed by atoms with van der Waals surface area (Å²) in [6.07, 6.45) is 1.81. The van der Waals surface area contributed by atoms with Crippen LogP contribution in [0.15, 0.2) is 140 Å². The van der Waals surface area contributed by atoms with Gasteiger partial charge in [0.1, 0.15) is 11.6 Å². The molecule has 56 heavy (non-hydrogen) atoms. The second-order valence-corrected chi connectivity index (χ2v) is 17.5. The molecule has 4 heterocycles. The molecule has 0 atom stereocenters. The van der Waals surface area contributed by atoms with E-state index in [2.05, 4.69) is 153 Å². The number of imidazole rings is 1. The minimum atomic E-state index is -0.223. The van der Waals surface area contributed by atoms with Crippen LogP contribution in [0.5, 0.6) is 5.75 Å². The summed E-state index contributed by atoms with van der Waals surface area (Å²) in [4.78, 5) is 10.2. The molecule has 10 rings (SSSR count). The Kier molecular flexibility index (Phi) is 9.04. The Balaban J connectivity index is 0.00000410. The van der Waals surface area contributed by atoms with E-state index in [-0.39, 0.29) is 32.2 Å². The van der Waals surface area contributed by atoms with E-state index < -0.39 is 0 Å². The van der Waals surface area contributed by atoms with E-state index >= 15 is 0 Å². The maximum absolute atomic E-state index is 12.6. The summed E-state index contributed by atoms with van der Waals surface area (Å²) in [7, 11) is 0. The number of rotatable bonds is 5. The Labute approximate surface area is 348 Å².